The molecule has 2 heterocycles. The minimum Gasteiger partial charge on any atom is -0.485 e. The van der Waals surface area contributed by atoms with Gasteiger partial charge in [0.2, 0.25) is 0 Å². The summed E-state index contributed by atoms with van der Waals surface area (Å²) < 4.78 is 6.10. The molecular formula is C16H18N2O. The van der Waals surface area contributed by atoms with Crippen LogP contribution >= 0.6 is 0 Å². The van der Waals surface area contributed by atoms with Crippen LogP contribution in [0.4, 0.5) is 0 Å². The van der Waals surface area contributed by atoms with Crippen LogP contribution in [0.5, 0.6) is 5.75 Å². The molecule has 0 saturated heterocycles. The molecule has 3 rings (SSSR count). The zero-order chi connectivity index (χ0) is 13.4. The molecule has 1 aromatic heterocycles. The quantitative estimate of drug-likeness (QED) is 0.850. The van der Waals surface area contributed by atoms with Crippen LogP contribution in [0.1, 0.15) is 40.8 Å². The highest BCUT2D eigenvalue weighted by molar-refractivity contribution is 5.42. The molecule has 0 radical (unpaired) electrons. The van der Waals surface area contributed by atoms with Crippen molar-refractivity contribution in [3.63, 3.8) is 0 Å². The van der Waals surface area contributed by atoms with E-state index in [-0.39, 0.29) is 12.1 Å². The van der Waals surface area contributed by atoms with Gasteiger partial charge in [0.05, 0.1) is 0 Å². The first kappa shape index (κ1) is 12.2. The Kier molecular flexibility index (Phi) is 2.99. The van der Waals surface area contributed by atoms with E-state index in [1.165, 1.54) is 11.1 Å². The van der Waals surface area contributed by atoms with E-state index >= 15 is 0 Å². The Morgan fingerprint density at radius 3 is 2.84 bits per heavy atom. The Hall–Kier alpha value is -1.87. The van der Waals surface area contributed by atoms with Gasteiger partial charge in [-0.05, 0) is 31.5 Å². The maximum absolute atomic E-state index is 6.29. The Morgan fingerprint density at radius 2 is 2.05 bits per heavy atom. The van der Waals surface area contributed by atoms with Crippen molar-refractivity contribution in [2.75, 3.05) is 0 Å². The highest BCUT2D eigenvalue weighted by Crippen LogP contribution is 2.40. The van der Waals surface area contributed by atoms with Crippen LogP contribution in [-0.2, 0) is 0 Å². The zero-order valence-electron chi connectivity index (χ0n) is 11.3. The number of aromatic nitrogens is 1. The van der Waals surface area contributed by atoms with E-state index in [2.05, 4.69) is 31.0 Å². The number of pyridine rings is 1. The summed E-state index contributed by atoms with van der Waals surface area (Å²) in [6, 6.07) is 8.22. The Morgan fingerprint density at radius 1 is 1.21 bits per heavy atom. The fourth-order valence-electron chi connectivity index (χ4n) is 2.63. The van der Waals surface area contributed by atoms with Crippen molar-refractivity contribution >= 4 is 0 Å². The number of nitrogens with zero attached hydrogens (tertiary/aromatic N) is 1. The summed E-state index contributed by atoms with van der Waals surface area (Å²) in [5, 5.41) is 0. The molecule has 19 heavy (non-hydrogen) atoms. The topological polar surface area (TPSA) is 48.1 Å². The number of nitrogens with two attached hydrogens (primary N) is 1. The van der Waals surface area contributed by atoms with E-state index in [9.17, 15) is 0 Å². The van der Waals surface area contributed by atoms with E-state index in [1.807, 2.05) is 18.3 Å². The van der Waals surface area contributed by atoms with Gasteiger partial charge in [-0.1, -0.05) is 17.7 Å². The van der Waals surface area contributed by atoms with Gasteiger partial charge in [0.1, 0.15) is 11.9 Å². The predicted molar refractivity (Wildman–Crippen MR) is 75.1 cm³/mol. The SMILES string of the molecule is Cc1ccc2c(c1)[C@H](N)CC(c1cnccc1C)O2. The number of aryl methyl sites for hydroxylation is 2. The summed E-state index contributed by atoms with van der Waals surface area (Å²) in [7, 11) is 0. The average molecular weight is 254 g/mol. The third-order valence-electron chi connectivity index (χ3n) is 3.73. The molecule has 0 bridgehead atoms. The van der Waals surface area contributed by atoms with Crippen molar-refractivity contribution in [3.05, 3.63) is 58.9 Å². The molecule has 3 nitrogen and oxygen atoms in total. The lowest BCUT2D eigenvalue weighted by Gasteiger charge is -2.31. The summed E-state index contributed by atoms with van der Waals surface area (Å²) in [6.45, 7) is 4.15. The zero-order valence-corrected chi connectivity index (χ0v) is 11.3. The van der Waals surface area contributed by atoms with Gasteiger partial charge >= 0.3 is 0 Å². The fourth-order valence-corrected chi connectivity index (χ4v) is 2.63. The maximum atomic E-state index is 6.29. The average Bonchev–Trinajstić information content (AvgIpc) is 2.40. The summed E-state index contributed by atoms with van der Waals surface area (Å²) in [5.41, 5.74) is 10.9. The number of hydrogen-bond acceptors (Lipinski definition) is 3. The molecular weight excluding hydrogens is 236 g/mol. The van der Waals surface area contributed by atoms with Gasteiger partial charge in [-0.3, -0.25) is 4.98 Å². The van der Waals surface area contributed by atoms with Gasteiger partial charge in [0.15, 0.2) is 0 Å². The second-order valence-electron chi connectivity index (χ2n) is 5.22. The molecule has 0 fully saturated rings. The van der Waals surface area contributed by atoms with Crippen molar-refractivity contribution in [3.8, 4) is 5.75 Å². The fraction of sp³-hybridized carbons (Fsp3) is 0.312. The first-order valence-electron chi connectivity index (χ1n) is 6.58. The molecule has 0 spiro atoms. The maximum Gasteiger partial charge on any atom is 0.127 e. The molecule has 1 aliphatic rings. The highest BCUT2D eigenvalue weighted by atomic mass is 16.5. The van der Waals surface area contributed by atoms with Gasteiger partial charge < -0.3 is 10.5 Å². The molecule has 0 saturated carbocycles. The molecule has 2 aromatic rings. The first-order chi connectivity index (χ1) is 9.15. The second-order valence-corrected chi connectivity index (χ2v) is 5.22. The molecule has 1 unspecified atom stereocenters. The van der Waals surface area contributed by atoms with E-state index in [1.54, 1.807) is 6.20 Å². The monoisotopic (exact) mass is 254 g/mol. The molecule has 1 aliphatic heterocycles. The van der Waals surface area contributed by atoms with Crippen molar-refractivity contribution in [2.24, 2.45) is 5.73 Å². The van der Waals surface area contributed by atoms with E-state index in [0.29, 0.717) is 0 Å². The van der Waals surface area contributed by atoms with Crippen molar-refractivity contribution in [2.45, 2.75) is 32.4 Å². The molecule has 1 aromatic carbocycles. The molecule has 2 atom stereocenters. The van der Waals surface area contributed by atoms with Crippen LogP contribution in [0.15, 0.2) is 36.7 Å². The standard InChI is InChI=1S/C16H18N2O/c1-10-3-4-15-12(7-10)14(17)8-16(19-15)13-9-18-6-5-11(13)2/h3-7,9,14,16H,8,17H2,1-2H3/t14-,16?/m1/s1. The lowest BCUT2D eigenvalue weighted by atomic mass is 9.92. The van der Waals surface area contributed by atoms with Gasteiger partial charge in [-0.15, -0.1) is 0 Å². The van der Waals surface area contributed by atoms with Crippen LogP contribution in [0.2, 0.25) is 0 Å². The largest absolute Gasteiger partial charge is 0.485 e. The summed E-state index contributed by atoms with van der Waals surface area (Å²) in [5.74, 6) is 0.901. The van der Waals surface area contributed by atoms with E-state index < -0.39 is 0 Å². The summed E-state index contributed by atoms with van der Waals surface area (Å²) >= 11 is 0. The Bertz CT molecular complexity index is 609. The van der Waals surface area contributed by atoms with Crippen LogP contribution in [0.25, 0.3) is 0 Å². The normalized spacial score (nSPS) is 21.6. The van der Waals surface area contributed by atoms with Gasteiger partial charge in [0, 0.05) is 36.0 Å². The number of fused-ring (bicyclic) bond motifs is 1. The lowest BCUT2D eigenvalue weighted by Crippen LogP contribution is -2.24. The number of benzene rings is 1. The molecule has 3 heteroatoms. The molecule has 98 valence electrons. The van der Waals surface area contributed by atoms with Crippen molar-refractivity contribution in [1.29, 1.82) is 0 Å². The summed E-state index contributed by atoms with van der Waals surface area (Å²) in [6.07, 6.45) is 4.48. The Balaban J connectivity index is 1.97. The van der Waals surface area contributed by atoms with Gasteiger partial charge in [-0.25, -0.2) is 0 Å². The van der Waals surface area contributed by atoms with Crippen molar-refractivity contribution in [1.82, 2.24) is 4.98 Å². The predicted octanol–water partition coefficient (Wildman–Crippen LogP) is 3.22. The number of rotatable bonds is 1. The van der Waals surface area contributed by atoms with Crippen LogP contribution in [-0.4, -0.2) is 4.98 Å². The third kappa shape index (κ3) is 2.22. The number of ether oxygens (including phenoxy) is 1. The minimum absolute atomic E-state index is 0.00101. The first-order valence-corrected chi connectivity index (χ1v) is 6.58. The Labute approximate surface area is 113 Å². The van der Waals surface area contributed by atoms with Crippen LogP contribution in [0, 0.1) is 13.8 Å². The van der Waals surface area contributed by atoms with Gasteiger partial charge in [-0.2, -0.15) is 0 Å². The minimum atomic E-state index is -0.00101. The van der Waals surface area contributed by atoms with Crippen LogP contribution < -0.4 is 10.5 Å². The van der Waals surface area contributed by atoms with Crippen LogP contribution in [0.3, 0.4) is 0 Å². The van der Waals surface area contributed by atoms with E-state index in [4.69, 9.17) is 10.5 Å². The van der Waals surface area contributed by atoms with Gasteiger partial charge in [0.25, 0.3) is 0 Å². The molecule has 0 aliphatic carbocycles. The summed E-state index contributed by atoms with van der Waals surface area (Å²) in [4.78, 5) is 4.20. The smallest absolute Gasteiger partial charge is 0.127 e. The lowest BCUT2D eigenvalue weighted by molar-refractivity contribution is 0.160. The molecule has 2 N–H and O–H groups in total. The second kappa shape index (κ2) is 4.67. The third-order valence-corrected chi connectivity index (χ3v) is 3.73. The highest BCUT2D eigenvalue weighted by Gasteiger charge is 2.28. The van der Waals surface area contributed by atoms with Crippen molar-refractivity contribution < 1.29 is 4.74 Å². The molecule has 0 amide bonds. The van der Waals surface area contributed by atoms with E-state index in [0.717, 1.165) is 23.3 Å². The number of hydrogen-bond donors (Lipinski definition) is 1.